The third-order valence-corrected chi connectivity index (χ3v) is 3.77. The van der Waals surface area contributed by atoms with Crippen molar-refractivity contribution in [3.63, 3.8) is 0 Å². The zero-order valence-corrected chi connectivity index (χ0v) is 14.1. The fourth-order valence-electron chi connectivity index (χ4n) is 2.46. The number of fused-ring (bicyclic) bond motifs is 1. The summed E-state index contributed by atoms with van der Waals surface area (Å²) < 4.78 is 7.46. The summed E-state index contributed by atoms with van der Waals surface area (Å²) in [6.07, 6.45) is 3.89. The Morgan fingerprint density at radius 3 is 2.81 bits per heavy atom. The third kappa shape index (κ3) is 3.41. The highest BCUT2D eigenvalue weighted by Gasteiger charge is 2.16. The van der Waals surface area contributed by atoms with E-state index in [0.717, 1.165) is 4.57 Å². The summed E-state index contributed by atoms with van der Waals surface area (Å²) in [5.41, 5.74) is 0.184. The van der Waals surface area contributed by atoms with Gasteiger partial charge in [0.2, 0.25) is 5.91 Å². The second kappa shape index (κ2) is 6.71. The Labute approximate surface area is 147 Å². The number of nitrogens with one attached hydrogen (secondary N) is 2. The van der Waals surface area contributed by atoms with Crippen LogP contribution in [0.5, 0.6) is 5.75 Å². The van der Waals surface area contributed by atoms with Crippen LogP contribution in [0, 0.1) is 0 Å². The average molecular weight is 356 g/mol. The van der Waals surface area contributed by atoms with Gasteiger partial charge in [-0.3, -0.25) is 19.0 Å². The lowest BCUT2D eigenvalue weighted by atomic mass is 10.2. The lowest BCUT2D eigenvalue weighted by Crippen LogP contribution is -2.37. The molecule has 1 aliphatic rings. The van der Waals surface area contributed by atoms with Crippen molar-refractivity contribution in [3.8, 4) is 5.75 Å². The first-order valence-corrected chi connectivity index (χ1v) is 7.67. The summed E-state index contributed by atoms with van der Waals surface area (Å²) in [6, 6.07) is 4.84. The van der Waals surface area contributed by atoms with E-state index in [-0.39, 0.29) is 18.1 Å². The van der Waals surface area contributed by atoms with Crippen LogP contribution in [-0.2, 0) is 23.7 Å². The van der Waals surface area contributed by atoms with E-state index in [1.54, 1.807) is 18.2 Å². The molecule has 0 saturated carbocycles. The maximum Gasteiger partial charge on any atom is 0.330 e. The maximum absolute atomic E-state index is 12.1. The number of hydrogen-bond donors (Lipinski definition) is 2. The first kappa shape index (κ1) is 17.2. The molecule has 2 N–H and O–H groups in total. The van der Waals surface area contributed by atoms with Crippen molar-refractivity contribution >= 4 is 29.3 Å². The quantitative estimate of drug-likeness (QED) is 0.756. The van der Waals surface area contributed by atoms with Crippen molar-refractivity contribution in [2.24, 2.45) is 14.1 Å². The molecule has 134 valence electrons. The number of benzene rings is 1. The van der Waals surface area contributed by atoms with E-state index in [0.29, 0.717) is 17.1 Å². The molecule has 0 aliphatic carbocycles. The fourth-order valence-corrected chi connectivity index (χ4v) is 2.46. The number of amides is 2. The Morgan fingerprint density at radius 2 is 2.04 bits per heavy atom. The predicted molar refractivity (Wildman–Crippen MR) is 95.2 cm³/mol. The maximum atomic E-state index is 12.1. The molecule has 0 atom stereocenters. The van der Waals surface area contributed by atoms with Gasteiger partial charge in [0.25, 0.3) is 11.5 Å². The highest BCUT2D eigenvalue weighted by Crippen LogP contribution is 2.30. The summed E-state index contributed by atoms with van der Waals surface area (Å²) >= 11 is 0. The summed E-state index contributed by atoms with van der Waals surface area (Å²) in [5.74, 6) is -0.220. The Balaban J connectivity index is 1.77. The average Bonchev–Trinajstić information content (AvgIpc) is 2.61. The van der Waals surface area contributed by atoms with Gasteiger partial charge >= 0.3 is 5.69 Å². The van der Waals surface area contributed by atoms with Crippen molar-refractivity contribution in [2.45, 2.75) is 0 Å². The van der Waals surface area contributed by atoms with Crippen LogP contribution in [0.3, 0.4) is 0 Å². The van der Waals surface area contributed by atoms with Crippen LogP contribution in [-0.4, -0.2) is 27.6 Å². The zero-order chi connectivity index (χ0) is 18.8. The van der Waals surface area contributed by atoms with E-state index in [4.69, 9.17) is 4.74 Å². The number of carbonyl (C=O) groups is 2. The second-order valence-electron chi connectivity index (χ2n) is 5.71. The highest BCUT2D eigenvalue weighted by molar-refractivity contribution is 6.03. The first-order chi connectivity index (χ1) is 12.3. The lowest BCUT2D eigenvalue weighted by molar-refractivity contribution is -0.118. The van der Waals surface area contributed by atoms with Crippen molar-refractivity contribution in [2.75, 3.05) is 17.2 Å². The SMILES string of the molecule is Cn1cc(/C=C/C(=O)Nc2ccc3c(c2)NC(=O)CO3)c(=O)n(C)c1=O. The number of aromatic nitrogens is 2. The minimum atomic E-state index is -0.495. The number of hydrogen-bond acceptors (Lipinski definition) is 5. The topological polar surface area (TPSA) is 111 Å². The number of carbonyl (C=O) groups excluding carboxylic acids is 2. The van der Waals surface area contributed by atoms with Gasteiger partial charge in [-0.2, -0.15) is 0 Å². The van der Waals surface area contributed by atoms with E-state index < -0.39 is 17.2 Å². The molecule has 0 radical (unpaired) electrons. The monoisotopic (exact) mass is 356 g/mol. The summed E-state index contributed by atoms with van der Waals surface area (Å²) in [4.78, 5) is 47.1. The molecule has 3 rings (SSSR count). The largest absolute Gasteiger partial charge is 0.482 e. The van der Waals surface area contributed by atoms with Crippen LogP contribution in [0.1, 0.15) is 5.56 Å². The van der Waals surface area contributed by atoms with Gasteiger partial charge in [-0.05, 0) is 24.3 Å². The molecule has 0 fully saturated rings. The number of anilines is 2. The predicted octanol–water partition coefficient (Wildman–Crippen LogP) is 0.0668. The zero-order valence-electron chi connectivity index (χ0n) is 14.1. The highest BCUT2D eigenvalue weighted by atomic mass is 16.5. The lowest BCUT2D eigenvalue weighted by Gasteiger charge is -2.18. The molecule has 26 heavy (non-hydrogen) atoms. The Hall–Kier alpha value is -3.62. The Kier molecular flexibility index (Phi) is 4.44. The minimum Gasteiger partial charge on any atom is -0.482 e. The van der Waals surface area contributed by atoms with Gasteiger partial charge in [-0.1, -0.05) is 0 Å². The van der Waals surface area contributed by atoms with Gasteiger partial charge in [0.05, 0.1) is 11.3 Å². The van der Waals surface area contributed by atoms with Crippen LogP contribution >= 0.6 is 0 Å². The van der Waals surface area contributed by atoms with E-state index in [1.165, 1.54) is 37.0 Å². The number of aryl methyl sites for hydroxylation is 1. The molecule has 0 spiro atoms. The molecule has 1 aromatic heterocycles. The number of nitrogens with zero attached hydrogens (tertiary/aromatic N) is 2. The van der Waals surface area contributed by atoms with Gasteiger partial charge in [0, 0.05) is 32.1 Å². The van der Waals surface area contributed by atoms with Crippen molar-refractivity contribution in [1.29, 1.82) is 0 Å². The van der Waals surface area contributed by atoms with Crippen LogP contribution in [0.15, 0.2) is 40.1 Å². The van der Waals surface area contributed by atoms with Gasteiger partial charge in [0.15, 0.2) is 6.61 Å². The first-order valence-electron chi connectivity index (χ1n) is 7.67. The van der Waals surface area contributed by atoms with Crippen molar-refractivity contribution in [3.05, 3.63) is 56.9 Å². The molecule has 0 unspecified atom stereocenters. The summed E-state index contributed by atoms with van der Waals surface area (Å²) in [7, 11) is 2.88. The van der Waals surface area contributed by atoms with E-state index in [9.17, 15) is 19.2 Å². The molecule has 2 aromatic rings. The summed E-state index contributed by atoms with van der Waals surface area (Å²) in [6.45, 7) is -0.0457. The smallest absolute Gasteiger partial charge is 0.330 e. The minimum absolute atomic E-state index is 0.0457. The standard InChI is InChI=1S/C17H16N4O5/c1-20-8-10(16(24)21(2)17(20)25)3-6-14(22)18-11-4-5-13-12(7-11)19-15(23)9-26-13/h3-8H,9H2,1-2H3,(H,18,22)(H,19,23)/b6-3+. The van der Waals surface area contributed by atoms with Crippen LogP contribution in [0.25, 0.3) is 6.08 Å². The molecule has 9 heteroatoms. The fraction of sp³-hybridized carbons (Fsp3) is 0.176. The van der Waals surface area contributed by atoms with E-state index in [2.05, 4.69) is 10.6 Å². The Bertz CT molecular complexity index is 1050. The molecule has 2 heterocycles. The van der Waals surface area contributed by atoms with Crippen LogP contribution in [0.4, 0.5) is 11.4 Å². The van der Waals surface area contributed by atoms with Crippen LogP contribution in [0.2, 0.25) is 0 Å². The molecule has 0 bridgehead atoms. The van der Waals surface area contributed by atoms with E-state index in [1.807, 2.05) is 0 Å². The third-order valence-electron chi connectivity index (χ3n) is 3.77. The summed E-state index contributed by atoms with van der Waals surface area (Å²) in [5, 5.41) is 5.27. The van der Waals surface area contributed by atoms with Crippen LogP contribution < -0.4 is 26.6 Å². The Morgan fingerprint density at radius 1 is 1.27 bits per heavy atom. The van der Waals surface area contributed by atoms with Gasteiger partial charge in [-0.25, -0.2) is 4.79 Å². The van der Waals surface area contributed by atoms with Crippen molar-refractivity contribution < 1.29 is 14.3 Å². The molecular formula is C17H16N4O5. The molecule has 0 saturated heterocycles. The normalized spacial score (nSPS) is 13.1. The molecular weight excluding hydrogens is 340 g/mol. The van der Waals surface area contributed by atoms with Crippen molar-refractivity contribution in [1.82, 2.24) is 9.13 Å². The second-order valence-corrected chi connectivity index (χ2v) is 5.71. The number of ether oxygens (including phenoxy) is 1. The van der Waals surface area contributed by atoms with Gasteiger partial charge in [0.1, 0.15) is 5.75 Å². The molecule has 9 nitrogen and oxygen atoms in total. The number of rotatable bonds is 3. The van der Waals surface area contributed by atoms with E-state index >= 15 is 0 Å². The molecule has 1 aromatic carbocycles. The molecule has 1 aliphatic heterocycles. The molecule has 2 amide bonds. The van der Waals surface area contributed by atoms with Gasteiger partial charge in [-0.15, -0.1) is 0 Å². The van der Waals surface area contributed by atoms with Gasteiger partial charge < -0.3 is 19.9 Å².